The van der Waals surface area contributed by atoms with E-state index in [1.807, 2.05) is 49.9 Å². The normalized spacial score (nSPS) is 16.4. The van der Waals surface area contributed by atoms with Gasteiger partial charge in [-0.1, -0.05) is 26.0 Å². The number of urea groups is 1. The van der Waals surface area contributed by atoms with Crippen LogP contribution in [0.15, 0.2) is 24.3 Å². The van der Waals surface area contributed by atoms with E-state index < -0.39 is 5.60 Å². The number of amides is 2. The molecule has 1 aliphatic rings. The molecule has 1 saturated heterocycles. The summed E-state index contributed by atoms with van der Waals surface area (Å²) in [5.74, 6) is 0. The Morgan fingerprint density at radius 2 is 1.87 bits per heavy atom. The Hall–Kier alpha value is -1.59. The van der Waals surface area contributed by atoms with Crippen LogP contribution in [0.3, 0.4) is 0 Å². The molecule has 23 heavy (non-hydrogen) atoms. The van der Waals surface area contributed by atoms with Gasteiger partial charge in [-0.05, 0) is 37.5 Å². The van der Waals surface area contributed by atoms with Crippen LogP contribution >= 0.6 is 0 Å². The summed E-state index contributed by atoms with van der Waals surface area (Å²) < 4.78 is 0. The third kappa shape index (κ3) is 4.94. The molecule has 5 heteroatoms. The number of nitrogens with zero attached hydrogens (tertiary/aromatic N) is 2. The minimum atomic E-state index is -0.605. The van der Waals surface area contributed by atoms with Crippen LogP contribution in [0.25, 0.3) is 0 Å². The first-order chi connectivity index (χ1) is 11.0. The molecule has 0 unspecified atom stereocenters. The number of aryl methyl sites for hydroxylation is 1. The van der Waals surface area contributed by atoms with Crippen molar-refractivity contribution in [3.63, 3.8) is 0 Å². The summed E-state index contributed by atoms with van der Waals surface area (Å²) in [5.41, 5.74) is 1.36. The van der Waals surface area contributed by atoms with E-state index in [0.717, 1.165) is 37.2 Å². The van der Waals surface area contributed by atoms with Crippen molar-refractivity contribution in [2.24, 2.45) is 0 Å². The van der Waals surface area contributed by atoms with Gasteiger partial charge in [0.25, 0.3) is 0 Å². The Morgan fingerprint density at radius 1 is 1.22 bits per heavy atom. The average molecular weight is 319 g/mol. The lowest BCUT2D eigenvalue weighted by atomic mass is 9.96. The van der Waals surface area contributed by atoms with Gasteiger partial charge in [-0.15, -0.1) is 0 Å². The van der Waals surface area contributed by atoms with Gasteiger partial charge in [0.05, 0.1) is 5.60 Å². The predicted octanol–water partition coefficient (Wildman–Crippen LogP) is 2.70. The molecule has 2 N–H and O–H groups in total. The molecule has 1 fully saturated rings. The Morgan fingerprint density at radius 3 is 2.43 bits per heavy atom. The number of carbonyl (C=O) groups excluding carboxylic acids is 1. The molecule has 1 aliphatic heterocycles. The molecule has 1 heterocycles. The van der Waals surface area contributed by atoms with E-state index >= 15 is 0 Å². The maximum atomic E-state index is 12.3. The van der Waals surface area contributed by atoms with E-state index in [-0.39, 0.29) is 6.03 Å². The fourth-order valence-electron chi connectivity index (χ4n) is 2.92. The number of benzene rings is 1. The molecule has 2 amide bonds. The Kier molecular flexibility index (Phi) is 6.02. The van der Waals surface area contributed by atoms with E-state index in [2.05, 4.69) is 10.2 Å². The second kappa shape index (κ2) is 7.79. The van der Waals surface area contributed by atoms with E-state index in [4.69, 9.17) is 0 Å². The van der Waals surface area contributed by atoms with Gasteiger partial charge in [0.1, 0.15) is 0 Å². The molecular formula is C18H29N3O2. The third-order valence-corrected chi connectivity index (χ3v) is 4.76. The van der Waals surface area contributed by atoms with Crippen molar-refractivity contribution >= 4 is 11.7 Å². The molecule has 1 aromatic carbocycles. The van der Waals surface area contributed by atoms with Gasteiger partial charge < -0.3 is 15.3 Å². The van der Waals surface area contributed by atoms with E-state index in [9.17, 15) is 9.90 Å². The number of β-amino-alcohol motifs (C(OH)–C–C–N with tert-alkyl or cyclic N) is 1. The number of nitrogens with one attached hydrogen (secondary N) is 1. The van der Waals surface area contributed by atoms with Crippen LogP contribution in [0.4, 0.5) is 10.5 Å². The van der Waals surface area contributed by atoms with E-state index in [1.54, 1.807) is 0 Å². The number of hydrogen-bond donors (Lipinski definition) is 2. The number of aliphatic hydroxyl groups is 1. The summed E-state index contributed by atoms with van der Waals surface area (Å²) in [6, 6.07) is 7.79. The molecule has 0 saturated carbocycles. The minimum absolute atomic E-state index is 0.0449. The Bertz CT molecular complexity index is 521. The van der Waals surface area contributed by atoms with Gasteiger partial charge in [-0.25, -0.2) is 4.79 Å². The van der Waals surface area contributed by atoms with Gasteiger partial charge in [0.15, 0.2) is 0 Å². The largest absolute Gasteiger partial charge is 0.389 e. The predicted molar refractivity (Wildman–Crippen MR) is 93.7 cm³/mol. The van der Waals surface area contributed by atoms with E-state index in [1.165, 1.54) is 0 Å². The van der Waals surface area contributed by atoms with Gasteiger partial charge in [-0.2, -0.15) is 0 Å². The summed E-state index contributed by atoms with van der Waals surface area (Å²) in [6.07, 6.45) is 1.52. The lowest BCUT2D eigenvalue weighted by Gasteiger charge is -2.39. The van der Waals surface area contributed by atoms with Crippen LogP contribution in [0.2, 0.25) is 0 Å². The smallest absolute Gasteiger partial charge is 0.321 e. The fraction of sp³-hybridized carbons (Fsp3) is 0.611. The highest BCUT2D eigenvalue weighted by molar-refractivity contribution is 5.89. The molecule has 0 aromatic heterocycles. The molecule has 128 valence electrons. The van der Waals surface area contributed by atoms with Crippen LogP contribution in [-0.4, -0.2) is 59.3 Å². The van der Waals surface area contributed by atoms with Crippen molar-refractivity contribution in [2.45, 2.75) is 39.2 Å². The van der Waals surface area contributed by atoms with Gasteiger partial charge >= 0.3 is 6.03 Å². The second-order valence-corrected chi connectivity index (χ2v) is 6.49. The van der Waals surface area contributed by atoms with Crippen molar-refractivity contribution in [1.82, 2.24) is 9.80 Å². The van der Waals surface area contributed by atoms with Crippen LogP contribution in [0.5, 0.6) is 0 Å². The molecule has 0 radical (unpaired) electrons. The van der Waals surface area contributed by atoms with Crippen LogP contribution in [-0.2, 0) is 0 Å². The molecule has 1 aromatic rings. The standard InChI is InChI=1S/C18H29N3O2/c1-4-18(23,5-2)14-20-9-11-21(12-10-20)17(22)19-16-8-6-7-15(3)13-16/h6-8,13,23H,4-5,9-12,14H2,1-3H3,(H,19,22). The molecule has 5 nitrogen and oxygen atoms in total. The first kappa shape index (κ1) is 17.8. The van der Waals surface area contributed by atoms with Crippen molar-refractivity contribution in [3.8, 4) is 0 Å². The van der Waals surface area contributed by atoms with Crippen LogP contribution in [0, 0.1) is 6.92 Å². The molecular weight excluding hydrogens is 290 g/mol. The monoisotopic (exact) mass is 319 g/mol. The first-order valence-corrected chi connectivity index (χ1v) is 8.53. The fourth-order valence-corrected chi connectivity index (χ4v) is 2.92. The maximum absolute atomic E-state index is 12.3. The average Bonchev–Trinajstić information content (AvgIpc) is 2.55. The molecule has 0 spiro atoms. The minimum Gasteiger partial charge on any atom is -0.389 e. The summed E-state index contributed by atoms with van der Waals surface area (Å²) >= 11 is 0. The van der Waals surface area contributed by atoms with E-state index in [0.29, 0.717) is 19.6 Å². The van der Waals surface area contributed by atoms with Gasteiger partial charge in [0, 0.05) is 38.4 Å². The molecule has 0 aliphatic carbocycles. The highest BCUT2D eigenvalue weighted by Crippen LogP contribution is 2.18. The number of rotatable bonds is 5. The molecule has 0 atom stereocenters. The lowest BCUT2D eigenvalue weighted by molar-refractivity contribution is -0.0120. The summed E-state index contributed by atoms with van der Waals surface area (Å²) in [4.78, 5) is 16.4. The van der Waals surface area contributed by atoms with Crippen molar-refractivity contribution in [2.75, 3.05) is 38.0 Å². The van der Waals surface area contributed by atoms with Crippen LogP contribution in [0.1, 0.15) is 32.3 Å². The third-order valence-electron chi connectivity index (χ3n) is 4.76. The Balaban J connectivity index is 1.83. The van der Waals surface area contributed by atoms with Crippen molar-refractivity contribution in [1.29, 1.82) is 0 Å². The van der Waals surface area contributed by atoms with Crippen molar-refractivity contribution < 1.29 is 9.90 Å². The van der Waals surface area contributed by atoms with Crippen LogP contribution < -0.4 is 5.32 Å². The zero-order valence-electron chi connectivity index (χ0n) is 14.5. The molecule has 2 rings (SSSR count). The highest BCUT2D eigenvalue weighted by Gasteiger charge is 2.28. The van der Waals surface area contributed by atoms with Gasteiger partial charge in [0.2, 0.25) is 0 Å². The summed E-state index contributed by atoms with van der Waals surface area (Å²) in [7, 11) is 0. The zero-order valence-corrected chi connectivity index (χ0v) is 14.5. The lowest BCUT2D eigenvalue weighted by Crippen LogP contribution is -2.53. The molecule has 0 bridgehead atoms. The number of piperazine rings is 1. The summed E-state index contributed by atoms with van der Waals surface area (Å²) in [5, 5.41) is 13.4. The SMILES string of the molecule is CCC(O)(CC)CN1CCN(C(=O)Nc2cccc(C)c2)CC1. The second-order valence-electron chi connectivity index (χ2n) is 6.49. The quantitative estimate of drug-likeness (QED) is 0.877. The van der Waals surface area contributed by atoms with Crippen molar-refractivity contribution in [3.05, 3.63) is 29.8 Å². The number of hydrogen-bond acceptors (Lipinski definition) is 3. The number of carbonyl (C=O) groups is 1. The number of anilines is 1. The first-order valence-electron chi connectivity index (χ1n) is 8.53. The maximum Gasteiger partial charge on any atom is 0.321 e. The highest BCUT2D eigenvalue weighted by atomic mass is 16.3. The zero-order chi connectivity index (χ0) is 16.9. The summed E-state index contributed by atoms with van der Waals surface area (Å²) in [6.45, 7) is 9.75. The van der Waals surface area contributed by atoms with Gasteiger partial charge in [-0.3, -0.25) is 4.90 Å². The Labute approximate surface area is 139 Å². The topological polar surface area (TPSA) is 55.8 Å².